The van der Waals surface area contributed by atoms with Gasteiger partial charge in [-0.05, 0) is 72.6 Å². The van der Waals surface area contributed by atoms with Crippen molar-refractivity contribution in [3.8, 4) is 11.5 Å². The highest BCUT2D eigenvalue weighted by atomic mass is 28.4. The predicted molar refractivity (Wildman–Crippen MR) is 128 cm³/mol. The molecule has 1 atom stereocenters. The minimum absolute atomic E-state index is 0.190. The second-order valence-electron chi connectivity index (χ2n) is 10.1. The van der Waals surface area contributed by atoms with Crippen LogP contribution in [0.5, 0.6) is 11.5 Å². The van der Waals surface area contributed by atoms with Gasteiger partial charge in [0.1, 0.15) is 6.10 Å². The average Bonchev–Trinajstić information content (AvgIpc) is 3.24. The lowest BCUT2D eigenvalue weighted by atomic mass is 10.00. The SMILES string of the molecule is COc1ccc(C(O)c2ccc(CO[Si](C)(C)C(C)(C)C)cc2)cc1OC1CCCC1. The molecule has 4 nitrogen and oxygen atoms in total. The molecule has 0 aromatic heterocycles. The maximum absolute atomic E-state index is 11.0. The Morgan fingerprint density at radius 3 is 2.16 bits per heavy atom. The third-order valence-electron chi connectivity index (χ3n) is 6.80. The van der Waals surface area contributed by atoms with Crippen LogP contribution in [-0.2, 0) is 11.0 Å². The van der Waals surface area contributed by atoms with Crippen molar-refractivity contribution < 1.29 is 19.0 Å². The van der Waals surface area contributed by atoms with Crippen molar-refractivity contribution in [3.05, 3.63) is 59.2 Å². The lowest BCUT2D eigenvalue weighted by Gasteiger charge is -2.36. The molecule has 0 amide bonds. The Labute approximate surface area is 188 Å². The summed E-state index contributed by atoms with van der Waals surface area (Å²) in [6.07, 6.45) is 4.10. The molecular formula is C26H38O4Si. The fraction of sp³-hybridized carbons (Fsp3) is 0.538. The van der Waals surface area contributed by atoms with Crippen molar-refractivity contribution in [2.75, 3.05) is 7.11 Å². The summed E-state index contributed by atoms with van der Waals surface area (Å²) in [5, 5.41) is 11.2. The van der Waals surface area contributed by atoms with Crippen LogP contribution in [0.4, 0.5) is 0 Å². The summed E-state index contributed by atoms with van der Waals surface area (Å²) in [6, 6.07) is 13.8. The molecule has 1 aliphatic rings. The largest absolute Gasteiger partial charge is 0.493 e. The van der Waals surface area contributed by atoms with E-state index in [1.54, 1.807) is 7.11 Å². The quantitative estimate of drug-likeness (QED) is 0.467. The summed E-state index contributed by atoms with van der Waals surface area (Å²) in [5.74, 6) is 1.42. The standard InChI is InChI=1S/C26H38O4Si/c1-26(2,3)31(5,6)29-18-19-11-13-20(14-12-19)25(27)21-15-16-23(28-4)24(17-21)30-22-9-7-8-10-22/h11-17,22,25,27H,7-10,18H2,1-6H3. The Balaban J connectivity index is 1.70. The number of ether oxygens (including phenoxy) is 2. The first kappa shape index (κ1) is 23.8. The summed E-state index contributed by atoms with van der Waals surface area (Å²) in [7, 11) is -0.132. The van der Waals surface area contributed by atoms with E-state index in [0.29, 0.717) is 18.1 Å². The van der Waals surface area contributed by atoms with Gasteiger partial charge in [0.15, 0.2) is 19.8 Å². The first-order valence-electron chi connectivity index (χ1n) is 11.4. The average molecular weight is 443 g/mol. The van der Waals surface area contributed by atoms with Gasteiger partial charge in [-0.25, -0.2) is 0 Å². The summed E-state index contributed by atoms with van der Waals surface area (Å²) < 4.78 is 18.0. The summed E-state index contributed by atoms with van der Waals surface area (Å²) in [5.41, 5.74) is 2.79. The first-order chi connectivity index (χ1) is 14.6. The third kappa shape index (κ3) is 5.91. The van der Waals surface area contributed by atoms with E-state index in [4.69, 9.17) is 13.9 Å². The Morgan fingerprint density at radius 1 is 0.968 bits per heavy atom. The van der Waals surface area contributed by atoms with E-state index in [9.17, 15) is 5.11 Å². The van der Waals surface area contributed by atoms with E-state index in [0.717, 1.165) is 29.5 Å². The van der Waals surface area contributed by atoms with E-state index < -0.39 is 14.4 Å². The minimum Gasteiger partial charge on any atom is -0.493 e. The van der Waals surface area contributed by atoms with Gasteiger partial charge in [0.25, 0.3) is 0 Å². The molecule has 0 bridgehead atoms. The van der Waals surface area contributed by atoms with E-state index in [1.807, 2.05) is 42.5 Å². The molecule has 1 N–H and O–H groups in total. The van der Waals surface area contributed by atoms with Crippen molar-refractivity contribution in [3.63, 3.8) is 0 Å². The molecule has 0 saturated heterocycles. The second-order valence-corrected chi connectivity index (χ2v) is 14.9. The van der Waals surface area contributed by atoms with E-state index in [2.05, 4.69) is 33.9 Å². The third-order valence-corrected chi connectivity index (χ3v) is 11.3. The van der Waals surface area contributed by atoms with E-state index in [-0.39, 0.29) is 11.1 Å². The van der Waals surface area contributed by atoms with Gasteiger partial charge < -0.3 is 19.0 Å². The van der Waals surface area contributed by atoms with Gasteiger partial charge >= 0.3 is 0 Å². The molecule has 1 unspecified atom stereocenters. The van der Waals surface area contributed by atoms with Crippen molar-refractivity contribution in [2.24, 2.45) is 0 Å². The zero-order chi connectivity index (χ0) is 22.6. The van der Waals surface area contributed by atoms with Gasteiger partial charge in [0.05, 0.1) is 19.8 Å². The molecule has 0 heterocycles. The molecule has 0 aliphatic heterocycles. The molecule has 0 spiro atoms. The lowest BCUT2D eigenvalue weighted by Crippen LogP contribution is -2.40. The number of aliphatic hydroxyl groups is 1. The molecule has 1 fully saturated rings. The fourth-order valence-corrected chi connectivity index (χ4v) is 4.57. The van der Waals surface area contributed by atoms with Crippen LogP contribution in [0.3, 0.4) is 0 Å². The smallest absolute Gasteiger partial charge is 0.192 e. The van der Waals surface area contributed by atoms with Gasteiger partial charge in [-0.2, -0.15) is 0 Å². The number of benzene rings is 2. The van der Waals surface area contributed by atoms with Gasteiger partial charge in [-0.15, -0.1) is 0 Å². The zero-order valence-electron chi connectivity index (χ0n) is 19.9. The molecule has 1 aliphatic carbocycles. The molecule has 2 aromatic carbocycles. The number of methoxy groups -OCH3 is 1. The summed E-state index contributed by atoms with van der Waals surface area (Å²) in [6.45, 7) is 11.9. The number of hydrogen-bond donors (Lipinski definition) is 1. The molecule has 2 aromatic rings. The Morgan fingerprint density at radius 2 is 1.58 bits per heavy atom. The van der Waals surface area contributed by atoms with Crippen LogP contribution in [0, 0.1) is 0 Å². The maximum atomic E-state index is 11.0. The van der Waals surface area contributed by atoms with Crippen molar-refractivity contribution in [1.29, 1.82) is 0 Å². The predicted octanol–water partition coefficient (Wildman–Crippen LogP) is 6.62. The van der Waals surface area contributed by atoms with Crippen LogP contribution in [0.1, 0.15) is 69.2 Å². The van der Waals surface area contributed by atoms with E-state index >= 15 is 0 Å². The van der Waals surface area contributed by atoms with Crippen LogP contribution in [0.2, 0.25) is 18.1 Å². The molecule has 5 heteroatoms. The number of aliphatic hydroxyl groups excluding tert-OH is 1. The first-order valence-corrected chi connectivity index (χ1v) is 14.3. The molecular weight excluding hydrogens is 404 g/mol. The highest BCUT2D eigenvalue weighted by molar-refractivity contribution is 6.74. The van der Waals surface area contributed by atoms with Gasteiger partial charge in [-0.3, -0.25) is 0 Å². The topological polar surface area (TPSA) is 47.9 Å². The molecule has 0 radical (unpaired) electrons. The Hall–Kier alpha value is -1.82. The van der Waals surface area contributed by atoms with Crippen LogP contribution < -0.4 is 9.47 Å². The maximum Gasteiger partial charge on any atom is 0.192 e. The zero-order valence-corrected chi connectivity index (χ0v) is 20.9. The summed E-state index contributed by atoms with van der Waals surface area (Å²) >= 11 is 0. The number of hydrogen-bond acceptors (Lipinski definition) is 4. The van der Waals surface area contributed by atoms with Crippen LogP contribution in [-0.4, -0.2) is 26.6 Å². The molecule has 3 rings (SSSR count). The fourth-order valence-electron chi connectivity index (χ4n) is 3.61. The van der Waals surface area contributed by atoms with Gasteiger partial charge in [-0.1, -0.05) is 51.1 Å². The van der Waals surface area contributed by atoms with Crippen LogP contribution >= 0.6 is 0 Å². The minimum atomic E-state index is -1.78. The molecule has 1 saturated carbocycles. The monoisotopic (exact) mass is 442 g/mol. The highest BCUT2D eigenvalue weighted by Gasteiger charge is 2.37. The Kier molecular flexibility index (Phi) is 7.50. The van der Waals surface area contributed by atoms with E-state index in [1.165, 1.54) is 12.8 Å². The molecule has 31 heavy (non-hydrogen) atoms. The highest BCUT2D eigenvalue weighted by Crippen LogP contribution is 2.38. The lowest BCUT2D eigenvalue weighted by molar-refractivity contribution is 0.196. The van der Waals surface area contributed by atoms with Crippen molar-refractivity contribution in [1.82, 2.24) is 0 Å². The van der Waals surface area contributed by atoms with Crippen molar-refractivity contribution >= 4 is 8.32 Å². The number of rotatable bonds is 8. The summed E-state index contributed by atoms with van der Waals surface area (Å²) in [4.78, 5) is 0. The Bertz CT molecular complexity index is 849. The van der Waals surface area contributed by atoms with Gasteiger partial charge in [0.2, 0.25) is 0 Å². The van der Waals surface area contributed by atoms with Crippen molar-refractivity contribution in [2.45, 2.75) is 83.4 Å². The van der Waals surface area contributed by atoms with Gasteiger partial charge in [0, 0.05) is 0 Å². The van der Waals surface area contributed by atoms with Crippen LogP contribution in [0.25, 0.3) is 0 Å². The van der Waals surface area contributed by atoms with Crippen LogP contribution in [0.15, 0.2) is 42.5 Å². The second kappa shape index (κ2) is 9.76. The molecule has 170 valence electrons. The normalized spacial score (nSPS) is 16.4.